The molecule has 0 aliphatic heterocycles. The van der Waals surface area contributed by atoms with E-state index >= 15 is 0 Å². The van der Waals surface area contributed by atoms with Crippen LogP contribution in [0.15, 0.2) is 18.2 Å². The molecule has 1 aromatic carbocycles. The van der Waals surface area contributed by atoms with Crippen LogP contribution in [-0.4, -0.2) is 9.78 Å². The smallest absolute Gasteiger partial charge is 0.130 e. The highest BCUT2D eigenvalue weighted by molar-refractivity contribution is 6.30. The molecule has 1 unspecified atom stereocenters. The molecule has 1 atom stereocenters. The van der Waals surface area contributed by atoms with Gasteiger partial charge in [-0.2, -0.15) is 5.10 Å². The van der Waals surface area contributed by atoms with Gasteiger partial charge in [0.25, 0.3) is 0 Å². The van der Waals surface area contributed by atoms with Crippen LogP contribution in [0.4, 0.5) is 0 Å². The monoisotopic (exact) mass is 291 g/mol. The molecule has 4 heteroatoms. The van der Waals surface area contributed by atoms with Gasteiger partial charge in [-0.3, -0.25) is 4.68 Å². The summed E-state index contributed by atoms with van der Waals surface area (Å²) in [6.07, 6.45) is 0.675. The number of nitrogens with two attached hydrogens (primary N) is 1. The van der Waals surface area contributed by atoms with Crippen molar-refractivity contribution >= 4 is 11.6 Å². The Morgan fingerprint density at radius 1 is 1.25 bits per heavy atom. The lowest BCUT2D eigenvalue weighted by molar-refractivity contribution is 0.490. The molecule has 0 saturated heterocycles. The van der Waals surface area contributed by atoms with Crippen LogP contribution in [0.3, 0.4) is 0 Å². The summed E-state index contributed by atoms with van der Waals surface area (Å²) in [5, 5.41) is 5.02. The number of nitrogens with zero attached hydrogens (tertiary/aromatic N) is 2. The first-order chi connectivity index (χ1) is 9.22. The number of hydrogen-bond donors (Lipinski definition) is 1. The van der Waals surface area contributed by atoms with Crippen LogP contribution in [0, 0.1) is 20.8 Å². The highest BCUT2D eigenvalue weighted by atomic mass is 35.5. The minimum absolute atomic E-state index is 0.462. The third-order valence-electron chi connectivity index (χ3n) is 3.98. The van der Waals surface area contributed by atoms with Gasteiger partial charge in [0.2, 0.25) is 0 Å². The molecule has 0 bridgehead atoms. The quantitative estimate of drug-likeness (QED) is 0.942. The zero-order valence-electron chi connectivity index (χ0n) is 12.8. The van der Waals surface area contributed by atoms with Crippen LogP contribution < -0.4 is 5.73 Å². The van der Waals surface area contributed by atoms with Gasteiger partial charge in [0, 0.05) is 18.2 Å². The molecule has 0 aliphatic rings. The summed E-state index contributed by atoms with van der Waals surface area (Å²) in [5.41, 5.74) is 11.7. The van der Waals surface area contributed by atoms with E-state index in [1.165, 1.54) is 11.1 Å². The van der Waals surface area contributed by atoms with Crippen molar-refractivity contribution < 1.29 is 0 Å². The number of hydrogen-bond acceptors (Lipinski definition) is 2. The molecule has 0 fully saturated rings. The van der Waals surface area contributed by atoms with Gasteiger partial charge in [-0.05, 0) is 50.8 Å². The second-order valence-electron chi connectivity index (χ2n) is 5.87. The van der Waals surface area contributed by atoms with E-state index in [9.17, 15) is 0 Å². The minimum Gasteiger partial charge on any atom is -0.321 e. The van der Waals surface area contributed by atoms with Gasteiger partial charge in [-0.25, -0.2) is 0 Å². The van der Waals surface area contributed by atoms with Crippen molar-refractivity contribution in [3.63, 3.8) is 0 Å². The minimum atomic E-state index is -0.462. The molecule has 2 rings (SSSR count). The maximum absolute atomic E-state index is 6.54. The topological polar surface area (TPSA) is 43.8 Å². The number of halogens is 1. The van der Waals surface area contributed by atoms with Crippen LogP contribution >= 0.6 is 11.6 Å². The fraction of sp³-hybridized carbons (Fsp3) is 0.438. The first-order valence-corrected chi connectivity index (χ1v) is 7.15. The van der Waals surface area contributed by atoms with Gasteiger partial charge in [0.05, 0.1) is 5.69 Å². The Hall–Kier alpha value is -1.32. The van der Waals surface area contributed by atoms with Crippen molar-refractivity contribution in [2.75, 3.05) is 0 Å². The normalized spacial score (nSPS) is 14.3. The second-order valence-corrected chi connectivity index (χ2v) is 6.23. The molecule has 0 saturated carbocycles. The maximum atomic E-state index is 6.54. The van der Waals surface area contributed by atoms with Crippen LogP contribution in [0.1, 0.15) is 34.9 Å². The zero-order valence-corrected chi connectivity index (χ0v) is 13.5. The highest BCUT2D eigenvalue weighted by Crippen LogP contribution is 2.29. The molecule has 0 aliphatic carbocycles. The van der Waals surface area contributed by atoms with E-state index in [1.54, 1.807) is 4.68 Å². The molecule has 2 aromatic rings. The van der Waals surface area contributed by atoms with Gasteiger partial charge in [-0.1, -0.05) is 29.8 Å². The molecule has 2 N–H and O–H groups in total. The van der Waals surface area contributed by atoms with Crippen molar-refractivity contribution in [3.8, 4) is 0 Å². The molecule has 0 spiro atoms. The summed E-state index contributed by atoms with van der Waals surface area (Å²) < 4.78 is 1.70. The highest BCUT2D eigenvalue weighted by Gasteiger charge is 2.26. The lowest BCUT2D eigenvalue weighted by Gasteiger charge is -2.26. The number of aromatic nitrogens is 2. The van der Waals surface area contributed by atoms with E-state index in [0.29, 0.717) is 11.6 Å². The van der Waals surface area contributed by atoms with Crippen LogP contribution in [0.5, 0.6) is 0 Å². The predicted molar refractivity (Wildman–Crippen MR) is 84.1 cm³/mol. The molecule has 0 radical (unpaired) electrons. The molecule has 3 nitrogen and oxygen atoms in total. The standard InChI is InChI=1S/C16H22ClN3/c1-10-6-7-13(8-11(10)2)16(4,18)9-14-12(3)19-20(5)15(14)17/h6-8H,9,18H2,1-5H3. The van der Waals surface area contributed by atoms with Gasteiger partial charge in [0.15, 0.2) is 0 Å². The second kappa shape index (κ2) is 5.23. The molecule has 1 heterocycles. The molecule has 1 aromatic heterocycles. The van der Waals surface area contributed by atoms with Crippen molar-refractivity contribution in [3.05, 3.63) is 51.3 Å². The van der Waals surface area contributed by atoms with E-state index in [2.05, 4.69) is 37.1 Å². The average Bonchev–Trinajstić information content (AvgIpc) is 2.59. The van der Waals surface area contributed by atoms with Gasteiger partial charge < -0.3 is 5.73 Å². The number of aryl methyl sites for hydroxylation is 4. The molecule has 20 heavy (non-hydrogen) atoms. The van der Waals surface area contributed by atoms with E-state index < -0.39 is 5.54 Å². The Labute approximate surface area is 125 Å². The van der Waals surface area contributed by atoms with E-state index in [0.717, 1.165) is 16.8 Å². The Bertz CT molecular complexity index is 641. The van der Waals surface area contributed by atoms with E-state index in [1.807, 2.05) is 20.9 Å². The molecular weight excluding hydrogens is 270 g/mol. The van der Waals surface area contributed by atoms with Crippen molar-refractivity contribution in [2.24, 2.45) is 12.8 Å². The SMILES string of the molecule is Cc1ccc(C(C)(N)Cc2c(C)nn(C)c2Cl)cc1C. The van der Waals surface area contributed by atoms with Gasteiger partial charge >= 0.3 is 0 Å². The fourth-order valence-electron chi connectivity index (χ4n) is 2.44. The third-order valence-corrected chi connectivity index (χ3v) is 4.45. The van der Waals surface area contributed by atoms with Crippen molar-refractivity contribution in [1.29, 1.82) is 0 Å². The number of benzene rings is 1. The molecule has 108 valence electrons. The summed E-state index contributed by atoms with van der Waals surface area (Å²) in [6.45, 7) is 8.23. The Kier molecular flexibility index (Phi) is 3.94. The average molecular weight is 292 g/mol. The predicted octanol–water partition coefficient (Wildman–Crippen LogP) is 3.42. The van der Waals surface area contributed by atoms with Crippen LogP contribution in [0.2, 0.25) is 5.15 Å². The lowest BCUT2D eigenvalue weighted by Crippen LogP contribution is -2.35. The first-order valence-electron chi connectivity index (χ1n) is 6.77. The van der Waals surface area contributed by atoms with Crippen molar-refractivity contribution in [1.82, 2.24) is 9.78 Å². The lowest BCUT2D eigenvalue weighted by atomic mass is 9.85. The summed E-state index contributed by atoms with van der Waals surface area (Å²) in [5.74, 6) is 0. The van der Waals surface area contributed by atoms with Gasteiger partial charge in [0.1, 0.15) is 5.15 Å². The Morgan fingerprint density at radius 3 is 2.40 bits per heavy atom. The summed E-state index contributed by atoms with van der Waals surface area (Å²) in [7, 11) is 1.85. The summed E-state index contributed by atoms with van der Waals surface area (Å²) in [4.78, 5) is 0. The summed E-state index contributed by atoms with van der Waals surface area (Å²) >= 11 is 6.31. The maximum Gasteiger partial charge on any atom is 0.130 e. The van der Waals surface area contributed by atoms with E-state index in [-0.39, 0.29) is 0 Å². The molecule has 0 amide bonds. The van der Waals surface area contributed by atoms with Crippen LogP contribution in [-0.2, 0) is 19.0 Å². The largest absolute Gasteiger partial charge is 0.321 e. The van der Waals surface area contributed by atoms with Crippen molar-refractivity contribution in [2.45, 2.75) is 39.7 Å². The Balaban J connectivity index is 2.37. The number of rotatable bonds is 3. The first kappa shape index (κ1) is 15.1. The van der Waals surface area contributed by atoms with Gasteiger partial charge in [-0.15, -0.1) is 0 Å². The van der Waals surface area contributed by atoms with Crippen LogP contribution in [0.25, 0.3) is 0 Å². The molecular formula is C16H22ClN3. The Morgan fingerprint density at radius 2 is 1.90 bits per heavy atom. The fourth-order valence-corrected chi connectivity index (χ4v) is 2.68. The van der Waals surface area contributed by atoms with E-state index in [4.69, 9.17) is 17.3 Å². The third kappa shape index (κ3) is 2.74. The zero-order chi connectivity index (χ0) is 15.1. The summed E-state index contributed by atoms with van der Waals surface area (Å²) in [6, 6.07) is 6.38.